The Hall–Kier alpha value is -2.53. The highest BCUT2D eigenvalue weighted by atomic mass is 19.1. The minimum Gasteiger partial charge on any atom is -0.460 e. The topological polar surface area (TPSA) is 46.6 Å². The molecule has 1 unspecified atom stereocenters. The zero-order valence-corrected chi connectivity index (χ0v) is 16.1. The van der Waals surface area contributed by atoms with Crippen molar-refractivity contribution in [1.29, 1.82) is 0 Å². The summed E-state index contributed by atoms with van der Waals surface area (Å²) in [5, 5.41) is 0. The lowest BCUT2D eigenvalue weighted by molar-refractivity contribution is -0.154. The van der Waals surface area contributed by atoms with Gasteiger partial charge in [0.05, 0.1) is 13.0 Å². The Morgan fingerprint density at radius 2 is 1.93 bits per heavy atom. The van der Waals surface area contributed by atoms with E-state index in [9.17, 15) is 14.0 Å². The second-order valence-electron chi connectivity index (χ2n) is 7.32. The molecule has 0 aromatic heterocycles. The number of ketones is 1. The molecule has 0 bridgehead atoms. The van der Waals surface area contributed by atoms with Crippen LogP contribution < -0.4 is 0 Å². The van der Waals surface area contributed by atoms with Crippen LogP contribution in [0, 0.1) is 11.7 Å². The Morgan fingerprint density at radius 3 is 2.64 bits per heavy atom. The third-order valence-electron chi connectivity index (χ3n) is 5.29. The van der Waals surface area contributed by atoms with Crippen LogP contribution in [0.4, 0.5) is 4.39 Å². The average molecular weight is 383 g/mol. The van der Waals surface area contributed by atoms with Gasteiger partial charge in [0.2, 0.25) is 0 Å². The van der Waals surface area contributed by atoms with Crippen LogP contribution in [-0.2, 0) is 16.0 Å². The lowest BCUT2D eigenvalue weighted by Gasteiger charge is -2.37. The number of hydrogen-bond acceptors (Lipinski definition) is 4. The van der Waals surface area contributed by atoms with E-state index in [1.165, 1.54) is 12.1 Å². The Kier molecular flexibility index (Phi) is 6.93. The molecule has 28 heavy (non-hydrogen) atoms. The second kappa shape index (κ2) is 9.60. The lowest BCUT2D eigenvalue weighted by atomic mass is 9.91. The van der Waals surface area contributed by atoms with Gasteiger partial charge >= 0.3 is 5.97 Å². The fraction of sp³-hybridized carbons (Fsp3) is 0.391. The standard InChI is InChI=1S/C23H26FNO3/c1-2-18-11-12-25(15-21(26)19-9-6-10-20(24)14-19)16-22(18)28-23(27)13-17-7-4-3-5-8-17/h3-10,14,18,22H,2,11-13,15-16H2,1H3/t18?,22-/m0/s1. The molecule has 148 valence electrons. The van der Waals surface area contributed by atoms with Crippen LogP contribution in [-0.4, -0.2) is 42.4 Å². The average Bonchev–Trinajstić information content (AvgIpc) is 2.69. The smallest absolute Gasteiger partial charge is 0.310 e. The summed E-state index contributed by atoms with van der Waals surface area (Å²) in [5.41, 5.74) is 1.30. The monoisotopic (exact) mass is 383 g/mol. The maximum absolute atomic E-state index is 13.4. The van der Waals surface area contributed by atoms with E-state index in [0.29, 0.717) is 18.0 Å². The zero-order chi connectivity index (χ0) is 19.9. The number of benzene rings is 2. The molecule has 0 spiro atoms. The van der Waals surface area contributed by atoms with E-state index in [-0.39, 0.29) is 30.8 Å². The van der Waals surface area contributed by atoms with Crippen molar-refractivity contribution in [3.8, 4) is 0 Å². The highest BCUT2D eigenvalue weighted by molar-refractivity contribution is 5.97. The van der Waals surface area contributed by atoms with Gasteiger partial charge in [0.25, 0.3) is 0 Å². The molecule has 0 radical (unpaired) electrons. The van der Waals surface area contributed by atoms with E-state index in [1.807, 2.05) is 35.2 Å². The Morgan fingerprint density at radius 1 is 1.14 bits per heavy atom. The van der Waals surface area contributed by atoms with E-state index in [1.54, 1.807) is 12.1 Å². The van der Waals surface area contributed by atoms with Crippen molar-refractivity contribution in [2.45, 2.75) is 32.3 Å². The van der Waals surface area contributed by atoms with Crippen LogP contribution in [0.5, 0.6) is 0 Å². The number of nitrogens with zero attached hydrogens (tertiary/aromatic N) is 1. The quantitative estimate of drug-likeness (QED) is 0.537. The molecule has 2 aromatic rings. The molecular weight excluding hydrogens is 357 g/mol. The van der Waals surface area contributed by atoms with Crippen molar-refractivity contribution < 1.29 is 18.7 Å². The normalized spacial score (nSPS) is 19.9. The second-order valence-corrected chi connectivity index (χ2v) is 7.32. The number of halogens is 1. The number of ether oxygens (including phenoxy) is 1. The van der Waals surface area contributed by atoms with Crippen LogP contribution in [0.25, 0.3) is 0 Å². The summed E-state index contributed by atoms with van der Waals surface area (Å²) in [7, 11) is 0. The number of rotatable bonds is 7. The Labute approximate surface area is 165 Å². The fourth-order valence-electron chi connectivity index (χ4n) is 3.70. The molecule has 2 atom stereocenters. The predicted molar refractivity (Wildman–Crippen MR) is 106 cm³/mol. The Bertz CT molecular complexity index is 809. The molecule has 1 aliphatic heterocycles. The molecule has 0 N–H and O–H groups in total. The first-order valence-corrected chi connectivity index (χ1v) is 9.79. The van der Waals surface area contributed by atoms with Gasteiger partial charge in [0.15, 0.2) is 5.78 Å². The Balaban J connectivity index is 1.59. The molecule has 2 aromatic carbocycles. The minimum atomic E-state index is -0.414. The SMILES string of the molecule is CCC1CCN(CC(=O)c2cccc(F)c2)C[C@@H]1OC(=O)Cc1ccccc1. The van der Waals surface area contributed by atoms with E-state index >= 15 is 0 Å². The number of likely N-dealkylation sites (tertiary alicyclic amines) is 1. The number of Topliss-reactive ketones (excluding diaryl/α,β-unsaturated/α-hetero) is 1. The largest absolute Gasteiger partial charge is 0.460 e. The molecule has 0 saturated carbocycles. The first kappa shape index (κ1) is 20.2. The van der Waals surface area contributed by atoms with Crippen LogP contribution >= 0.6 is 0 Å². The maximum Gasteiger partial charge on any atom is 0.310 e. The highest BCUT2D eigenvalue weighted by Gasteiger charge is 2.31. The van der Waals surface area contributed by atoms with Gasteiger partial charge in [-0.05, 0) is 43.0 Å². The van der Waals surface area contributed by atoms with E-state index in [0.717, 1.165) is 24.9 Å². The van der Waals surface area contributed by atoms with Gasteiger partial charge in [-0.1, -0.05) is 49.4 Å². The molecule has 4 nitrogen and oxygen atoms in total. The summed E-state index contributed by atoms with van der Waals surface area (Å²) in [6.07, 6.45) is 1.82. The van der Waals surface area contributed by atoms with Crippen LogP contribution in [0.1, 0.15) is 35.7 Å². The molecule has 1 fully saturated rings. The highest BCUT2D eigenvalue weighted by Crippen LogP contribution is 2.24. The first-order valence-electron chi connectivity index (χ1n) is 9.79. The molecule has 0 aliphatic carbocycles. The van der Waals surface area contributed by atoms with Crippen LogP contribution in [0.15, 0.2) is 54.6 Å². The van der Waals surface area contributed by atoms with Crippen molar-refractivity contribution in [3.63, 3.8) is 0 Å². The molecular formula is C23H26FNO3. The summed E-state index contributed by atoms with van der Waals surface area (Å²) in [5.74, 6) is -0.486. The van der Waals surface area contributed by atoms with Gasteiger partial charge in [-0.25, -0.2) is 4.39 Å². The van der Waals surface area contributed by atoms with Crippen molar-refractivity contribution in [1.82, 2.24) is 4.90 Å². The number of esters is 1. The predicted octanol–water partition coefficient (Wildman–Crippen LogP) is 3.89. The number of carbonyl (C=O) groups is 2. The van der Waals surface area contributed by atoms with Gasteiger partial charge < -0.3 is 4.74 Å². The fourth-order valence-corrected chi connectivity index (χ4v) is 3.70. The first-order chi connectivity index (χ1) is 13.5. The van der Waals surface area contributed by atoms with Gasteiger partial charge in [0, 0.05) is 12.1 Å². The van der Waals surface area contributed by atoms with Crippen LogP contribution in [0.2, 0.25) is 0 Å². The number of hydrogen-bond donors (Lipinski definition) is 0. The maximum atomic E-state index is 13.4. The third-order valence-corrected chi connectivity index (χ3v) is 5.29. The van der Waals surface area contributed by atoms with Gasteiger partial charge in [-0.15, -0.1) is 0 Å². The number of piperidine rings is 1. The molecule has 1 heterocycles. The summed E-state index contributed by atoms with van der Waals surface area (Å²) >= 11 is 0. The summed E-state index contributed by atoms with van der Waals surface area (Å²) in [6, 6.07) is 15.3. The van der Waals surface area contributed by atoms with Gasteiger partial charge in [-0.3, -0.25) is 14.5 Å². The van der Waals surface area contributed by atoms with Crippen LogP contribution in [0.3, 0.4) is 0 Å². The van der Waals surface area contributed by atoms with Gasteiger partial charge in [-0.2, -0.15) is 0 Å². The van der Waals surface area contributed by atoms with Crippen molar-refractivity contribution in [2.24, 2.45) is 5.92 Å². The van der Waals surface area contributed by atoms with Gasteiger partial charge in [0.1, 0.15) is 11.9 Å². The van der Waals surface area contributed by atoms with Crippen molar-refractivity contribution in [3.05, 3.63) is 71.5 Å². The third kappa shape index (κ3) is 5.49. The molecule has 1 aliphatic rings. The summed E-state index contributed by atoms with van der Waals surface area (Å²) in [4.78, 5) is 26.9. The lowest BCUT2D eigenvalue weighted by Crippen LogP contribution is -2.47. The molecule has 5 heteroatoms. The van der Waals surface area contributed by atoms with Crippen molar-refractivity contribution in [2.75, 3.05) is 19.6 Å². The molecule has 3 rings (SSSR count). The van der Waals surface area contributed by atoms with Crippen molar-refractivity contribution >= 4 is 11.8 Å². The number of carbonyl (C=O) groups excluding carboxylic acids is 2. The molecule has 1 saturated heterocycles. The minimum absolute atomic E-state index is 0.121. The van der Waals surface area contributed by atoms with E-state index in [4.69, 9.17) is 4.74 Å². The van der Waals surface area contributed by atoms with E-state index < -0.39 is 5.82 Å². The van der Waals surface area contributed by atoms with E-state index in [2.05, 4.69) is 6.92 Å². The summed E-state index contributed by atoms with van der Waals surface area (Å²) in [6.45, 7) is 3.59. The molecule has 0 amide bonds. The summed E-state index contributed by atoms with van der Waals surface area (Å²) < 4.78 is 19.1. The zero-order valence-electron chi connectivity index (χ0n) is 16.1.